The first-order valence-corrected chi connectivity index (χ1v) is 10.1. The number of carbonyl (C=O) groups is 2. The van der Waals surface area contributed by atoms with Crippen molar-refractivity contribution in [2.24, 2.45) is 0 Å². The van der Waals surface area contributed by atoms with Crippen LogP contribution in [0.25, 0.3) is 0 Å². The zero-order chi connectivity index (χ0) is 19.2. The zero-order valence-electron chi connectivity index (χ0n) is 14.8. The molecule has 0 atom stereocenters. The van der Waals surface area contributed by atoms with Crippen LogP contribution in [0.3, 0.4) is 0 Å². The summed E-state index contributed by atoms with van der Waals surface area (Å²) in [4.78, 5) is 26.3. The Kier molecular flexibility index (Phi) is 4.15. The summed E-state index contributed by atoms with van der Waals surface area (Å²) < 4.78 is 26.2. The van der Waals surface area contributed by atoms with Crippen molar-refractivity contribution in [1.29, 1.82) is 0 Å². The highest BCUT2D eigenvalue weighted by Gasteiger charge is 2.34. The number of benzene rings is 2. The predicted octanol–water partition coefficient (Wildman–Crippen LogP) is 1.91. The number of nitrogens with zero attached hydrogens (tertiary/aromatic N) is 2. The summed E-state index contributed by atoms with van der Waals surface area (Å²) in [6.45, 7) is 2.88. The fraction of sp³-hybridized carbons (Fsp3) is 0.263. The summed E-state index contributed by atoms with van der Waals surface area (Å²) in [6.07, 6.45) is 0.572. The summed E-state index contributed by atoms with van der Waals surface area (Å²) in [5, 5.41) is 2.50. The quantitative estimate of drug-likeness (QED) is 0.874. The second-order valence-electron chi connectivity index (χ2n) is 6.67. The number of hydrogen-bond acceptors (Lipinski definition) is 4. The third kappa shape index (κ3) is 2.95. The Balaban J connectivity index is 1.64. The number of sulfonamides is 1. The zero-order valence-corrected chi connectivity index (χ0v) is 15.6. The van der Waals surface area contributed by atoms with Crippen molar-refractivity contribution in [3.63, 3.8) is 0 Å². The molecule has 1 N–H and O–H groups in total. The maximum absolute atomic E-state index is 12.8. The van der Waals surface area contributed by atoms with Crippen LogP contribution in [0.1, 0.15) is 21.5 Å². The van der Waals surface area contributed by atoms with Crippen molar-refractivity contribution in [2.75, 3.05) is 24.5 Å². The lowest BCUT2D eigenvalue weighted by Gasteiger charge is -2.19. The highest BCUT2D eigenvalue weighted by molar-refractivity contribution is 7.89. The maximum atomic E-state index is 12.8. The van der Waals surface area contributed by atoms with E-state index in [9.17, 15) is 18.0 Å². The van der Waals surface area contributed by atoms with E-state index < -0.39 is 16.1 Å². The Morgan fingerprint density at radius 2 is 1.81 bits per heavy atom. The van der Waals surface area contributed by atoms with Gasteiger partial charge in [0.05, 0.1) is 11.4 Å². The number of urea groups is 1. The smallest absolute Gasteiger partial charge is 0.331 e. The van der Waals surface area contributed by atoms with E-state index in [4.69, 9.17) is 0 Å². The largest absolute Gasteiger partial charge is 0.335 e. The van der Waals surface area contributed by atoms with Crippen molar-refractivity contribution >= 4 is 27.6 Å². The van der Waals surface area contributed by atoms with Gasteiger partial charge in [-0.1, -0.05) is 17.7 Å². The Bertz CT molecular complexity index is 1030. The average molecular weight is 385 g/mol. The van der Waals surface area contributed by atoms with Crippen LogP contribution in [-0.4, -0.2) is 44.3 Å². The summed E-state index contributed by atoms with van der Waals surface area (Å²) in [5.41, 5.74) is 3.18. The van der Waals surface area contributed by atoms with Gasteiger partial charge in [0.25, 0.3) is 15.9 Å². The molecular formula is C19H19N3O4S. The molecule has 3 amide bonds. The van der Waals surface area contributed by atoms with Crippen LogP contribution in [0, 0.1) is 6.92 Å². The number of aryl methyl sites for hydroxylation is 1. The van der Waals surface area contributed by atoms with E-state index in [1.165, 1.54) is 6.07 Å². The van der Waals surface area contributed by atoms with E-state index in [1.807, 2.05) is 19.1 Å². The molecule has 0 aromatic heterocycles. The Morgan fingerprint density at radius 3 is 2.48 bits per heavy atom. The average Bonchev–Trinajstić information content (AvgIpc) is 3.27. The lowest BCUT2D eigenvalue weighted by molar-refractivity contribution is 0.0989. The molecule has 0 saturated carbocycles. The number of nitrogens with one attached hydrogen (secondary N) is 1. The Hall–Kier alpha value is -2.87. The molecule has 2 aliphatic heterocycles. The molecule has 27 heavy (non-hydrogen) atoms. The SMILES string of the molecule is Cc1ccc(C(=O)N2CCc3cc(S(=O)(=O)N4CCNC4=O)ccc32)cc1. The fourth-order valence-corrected chi connectivity index (χ4v) is 4.81. The molecule has 2 heterocycles. The molecular weight excluding hydrogens is 366 g/mol. The highest BCUT2D eigenvalue weighted by atomic mass is 32.2. The van der Waals surface area contributed by atoms with Crippen LogP contribution in [0.5, 0.6) is 0 Å². The van der Waals surface area contributed by atoms with Gasteiger partial charge in [0, 0.05) is 24.3 Å². The molecule has 1 saturated heterocycles. The first-order chi connectivity index (χ1) is 12.9. The molecule has 1 fully saturated rings. The van der Waals surface area contributed by atoms with Gasteiger partial charge in [-0.3, -0.25) is 4.79 Å². The van der Waals surface area contributed by atoms with Crippen LogP contribution in [0.15, 0.2) is 47.4 Å². The van der Waals surface area contributed by atoms with Crippen molar-refractivity contribution in [1.82, 2.24) is 9.62 Å². The second-order valence-corrected chi connectivity index (χ2v) is 8.53. The van der Waals surface area contributed by atoms with E-state index in [-0.39, 0.29) is 17.3 Å². The van der Waals surface area contributed by atoms with Crippen molar-refractivity contribution < 1.29 is 18.0 Å². The van der Waals surface area contributed by atoms with Gasteiger partial charge in [-0.25, -0.2) is 17.5 Å². The number of amides is 3. The molecule has 0 aliphatic carbocycles. The van der Waals surface area contributed by atoms with Crippen molar-refractivity contribution in [3.8, 4) is 0 Å². The number of hydrogen-bond donors (Lipinski definition) is 1. The standard InChI is InChI=1S/C19H19N3O4S/c1-13-2-4-14(5-3-13)18(23)21-10-8-15-12-16(6-7-17(15)21)27(25,26)22-11-9-20-19(22)24/h2-7,12H,8-11H2,1H3,(H,20,24). The summed E-state index contributed by atoms with van der Waals surface area (Å²) in [6, 6.07) is 11.4. The molecule has 0 spiro atoms. The highest BCUT2D eigenvalue weighted by Crippen LogP contribution is 2.32. The minimum absolute atomic E-state index is 0.0722. The lowest BCUT2D eigenvalue weighted by Crippen LogP contribution is -2.34. The molecule has 2 aromatic rings. The number of carbonyl (C=O) groups excluding carboxylic acids is 2. The van der Waals surface area contributed by atoms with Crippen molar-refractivity contribution in [3.05, 3.63) is 59.2 Å². The molecule has 0 radical (unpaired) electrons. The second kappa shape index (κ2) is 6.38. The molecule has 7 nitrogen and oxygen atoms in total. The van der Waals surface area contributed by atoms with Crippen LogP contribution in [0.2, 0.25) is 0 Å². The van der Waals surface area contributed by atoms with E-state index in [2.05, 4.69) is 5.32 Å². The van der Waals surface area contributed by atoms with Gasteiger partial charge in [-0.15, -0.1) is 0 Å². The van der Waals surface area contributed by atoms with Gasteiger partial charge in [-0.2, -0.15) is 0 Å². The topological polar surface area (TPSA) is 86.8 Å². The van der Waals surface area contributed by atoms with Crippen LogP contribution >= 0.6 is 0 Å². The third-order valence-corrected chi connectivity index (χ3v) is 6.67. The molecule has 2 aromatic carbocycles. The normalized spacial score (nSPS) is 16.4. The van der Waals surface area contributed by atoms with Gasteiger partial charge in [0.15, 0.2) is 0 Å². The molecule has 0 unspecified atom stereocenters. The molecule has 2 aliphatic rings. The summed E-state index contributed by atoms with van der Waals surface area (Å²) in [7, 11) is -3.89. The van der Waals surface area contributed by atoms with E-state index in [0.29, 0.717) is 30.8 Å². The van der Waals surface area contributed by atoms with Gasteiger partial charge in [0.2, 0.25) is 0 Å². The molecule has 140 valence electrons. The van der Waals surface area contributed by atoms with E-state index in [0.717, 1.165) is 15.4 Å². The molecule has 0 bridgehead atoms. The molecule has 4 rings (SSSR count). The minimum Gasteiger partial charge on any atom is -0.335 e. The molecule has 8 heteroatoms. The van der Waals surface area contributed by atoms with Gasteiger partial charge in [-0.05, 0) is 49.2 Å². The van der Waals surface area contributed by atoms with Crippen LogP contribution in [-0.2, 0) is 16.4 Å². The first-order valence-electron chi connectivity index (χ1n) is 8.70. The van der Waals surface area contributed by atoms with Gasteiger partial charge in [0.1, 0.15) is 0 Å². The van der Waals surface area contributed by atoms with Gasteiger partial charge < -0.3 is 10.2 Å². The Morgan fingerprint density at radius 1 is 1.07 bits per heavy atom. The summed E-state index contributed by atoms with van der Waals surface area (Å²) >= 11 is 0. The lowest BCUT2D eigenvalue weighted by atomic mass is 10.1. The maximum Gasteiger partial charge on any atom is 0.331 e. The minimum atomic E-state index is -3.89. The van der Waals surface area contributed by atoms with Crippen LogP contribution < -0.4 is 10.2 Å². The van der Waals surface area contributed by atoms with Gasteiger partial charge >= 0.3 is 6.03 Å². The number of fused-ring (bicyclic) bond motifs is 1. The first kappa shape index (κ1) is 17.5. The predicted molar refractivity (Wildman–Crippen MR) is 100 cm³/mol. The van der Waals surface area contributed by atoms with E-state index in [1.54, 1.807) is 29.2 Å². The summed E-state index contributed by atoms with van der Waals surface area (Å²) in [5.74, 6) is -0.108. The number of anilines is 1. The third-order valence-electron chi connectivity index (χ3n) is 4.90. The monoisotopic (exact) mass is 385 g/mol. The number of rotatable bonds is 3. The Labute approximate surface area is 157 Å². The van der Waals surface area contributed by atoms with E-state index >= 15 is 0 Å². The van der Waals surface area contributed by atoms with Crippen molar-refractivity contribution in [2.45, 2.75) is 18.2 Å². The van der Waals surface area contributed by atoms with Crippen LogP contribution in [0.4, 0.5) is 10.5 Å². The fourth-order valence-electron chi connectivity index (χ4n) is 3.41.